The smallest absolute Gasteiger partial charge is 0.227 e. The summed E-state index contributed by atoms with van der Waals surface area (Å²) in [6.45, 7) is 4.18. The highest BCUT2D eigenvalue weighted by atomic mass is 19.1. The van der Waals surface area contributed by atoms with Crippen molar-refractivity contribution in [1.29, 1.82) is 0 Å². The van der Waals surface area contributed by atoms with E-state index in [1.165, 1.54) is 13.2 Å². The molecule has 3 aromatic rings. The number of aromatic nitrogens is 4. The first-order chi connectivity index (χ1) is 13.1. The third kappa shape index (κ3) is 3.69. The van der Waals surface area contributed by atoms with Gasteiger partial charge in [-0.25, -0.2) is 9.37 Å². The fourth-order valence-electron chi connectivity index (χ4n) is 3.19. The molecule has 3 heterocycles. The first-order valence-corrected chi connectivity index (χ1v) is 8.86. The van der Waals surface area contributed by atoms with E-state index in [9.17, 15) is 4.39 Å². The molecule has 1 aliphatic heterocycles. The zero-order chi connectivity index (χ0) is 18.8. The Balaban J connectivity index is 1.50. The lowest BCUT2D eigenvalue weighted by molar-refractivity contribution is 0.386. The number of hydrogen-bond donors (Lipinski definition) is 2. The summed E-state index contributed by atoms with van der Waals surface area (Å²) in [7, 11) is 1.44. The van der Waals surface area contributed by atoms with E-state index < -0.39 is 5.82 Å². The molecule has 1 unspecified atom stereocenters. The number of benzene rings is 1. The van der Waals surface area contributed by atoms with E-state index in [0.29, 0.717) is 28.8 Å². The van der Waals surface area contributed by atoms with Gasteiger partial charge in [0.1, 0.15) is 5.82 Å². The van der Waals surface area contributed by atoms with Crippen molar-refractivity contribution in [2.24, 2.45) is 5.92 Å². The highest BCUT2D eigenvalue weighted by Gasteiger charge is 2.21. The number of halogens is 1. The second-order valence-corrected chi connectivity index (χ2v) is 6.72. The normalized spacial score (nSPS) is 16.6. The molecule has 1 aromatic carbocycles. The molecule has 4 rings (SSSR count). The molecule has 0 saturated carbocycles. The minimum Gasteiger partial charge on any atom is -0.494 e. The van der Waals surface area contributed by atoms with Crippen LogP contribution in [-0.4, -0.2) is 40.4 Å². The van der Waals surface area contributed by atoms with E-state index in [0.717, 1.165) is 25.5 Å². The zero-order valence-electron chi connectivity index (χ0n) is 15.2. The number of H-pyrrole nitrogens is 1. The fourth-order valence-corrected chi connectivity index (χ4v) is 3.19. The predicted octanol–water partition coefficient (Wildman–Crippen LogP) is 3.60. The molecule has 0 radical (unpaired) electrons. The number of nitrogens with one attached hydrogen (secondary N) is 2. The Morgan fingerprint density at radius 2 is 2.15 bits per heavy atom. The van der Waals surface area contributed by atoms with Gasteiger partial charge in [-0.3, -0.25) is 5.10 Å². The number of rotatable bonds is 5. The summed E-state index contributed by atoms with van der Waals surface area (Å²) in [6, 6.07) is 8.38. The summed E-state index contributed by atoms with van der Waals surface area (Å²) in [4.78, 5) is 11.1. The van der Waals surface area contributed by atoms with Crippen LogP contribution < -0.4 is 15.0 Å². The van der Waals surface area contributed by atoms with Gasteiger partial charge in [0.2, 0.25) is 5.95 Å². The van der Waals surface area contributed by atoms with Gasteiger partial charge in [0.05, 0.1) is 12.8 Å². The third-order valence-electron chi connectivity index (χ3n) is 4.65. The van der Waals surface area contributed by atoms with Gasteiger partial charge in [0.25, 0.3) is 0 Å². The summed E-state index contributed by atoms with van der Waals surface area (Å²) in [5.74, 6) is 2.43. The lowest BCUT2D eigenvalue weighted by Gasteiger charge is -2.16. The van der Waals surface area contributed by atoms with Crippen LogP contribution in [0.4, 0.5) is 22.0 Å². The number of nitrogens with zero attached hydrogens (tertiary/aromatic N) is 4. The Morgan fingerprint density at radius 3 is 2.89 bits per heavy atom. The van der Waals surface area contributed by atoms with Gasteiger partial charge in [0, 0.05) is 30.9 Å². The first-order valence-electron chi connectivity index (χ1n) is 8.86. The molecule has 1 atom stereocenters. The maximum atomic E-state index is 13.9. The largest absolute Gasteiger partial charge is 0.494 e. The third-order valence-corrected chi connectivity index (χ3v) is 4.65. The molecule has 27 heavy (non-hydrogen) atoms. The van der Waals surface area contributed by atoms with Gasteiger partial charge in [-0.2, -0.15) is 10.1 Å². The topological polar surface area (TPSA) is 79.0 Å². The Bertz CT molecular complexity index is 943. The molecule has 0 bridgehead atoms. The van der Waals surface area contributed by atoms with Crippen LogP contribution in [0.2, 0.25) is 0 Å². The van der Waals surface area contributed by atoms with Crippen LogP contribution in [0.3, 0.4) is 0 Å². The second-order valence-electron chi connectivity index (χ2n) is 6.72. The van der Waals surface area contributed by atoms with Crippen molar-refractivity contribution in [3.8, 4) is 17.0 Å². The number of hydrogen-bond acceptors (Lipinski definition) is 6. The van der Waals surface area contributed by atoms with Gasteiger partial charge in [-0.05, 0) is 36.6 Å². The molecular weight excluding hydrogens is 347 g/mol. The van der Waals surface area contributed by atoms with Crippen LogP contribution in [-0.2, 0) is 0 Å². The molecule has 8 heteroatoms. The summed E-state index contributed by atoms with van der Waals surface area (Å²) in [5, 5.41) is 10.3. The summed E-state index contributed by atoms with van der Waals surface area (Å²) >= 11 is 0. The molecule has 7 nitrogen and oxygen atoms in total. The maximum absolute atomic E-state index is 13.9. The molecular formula is C19H21FN6O. The van der Waals surface area contributed by atoms with Crippen LogP contribution in [0.5, 0.6) is 5.75 Å². The monoisotopic (exact) mass is 368 g/mol. The Kier molecular flexibility index (Phi) is 4.62. The molecule has 2 N–H and O–H groups in total. The minimum absolute atomic E-state index is 0.210. The van der Waals surface area contributed by atoms with E-state index in [4.69, 9.17) is 4.74 Å². The first kappa shape index (κ1) is 17.3. The number of ether oxygens (including phenoxy) is 1. The molecule has 0 amide bonds. The van der Waals surface area contributed by atoms with Crippen molar-refractivity contribution in [2.45, 2.75) is 13.3 Å². The van der Waals surface area contributed by atoms with Gasteiger partial charge in [-0.1, -0.05) is 6.92 Å². The standard InChI is InChI=1S/C19H21FN6O/c1-12-6-8-26(11-12)19-21-7-5-17(23-19)22-18-10-15(24-25-18)13-3-4-16(27-2)14(20)9-13/h3-5,7,9-10,12H,6,8,11H2,1-2H3,(H2,21,22,23,24,25). The number of methoxy groups -OCH3 is 1. The van der Waals surface area contributed by atoms with Crippen molar-refractivity contribution in [1.82, 2.24) is 20.2 Å². The lowest BCUT2D eigenvalue weighted by Crippen LogP contribution is -2.21. The van der Waals surface area contributed by atoms with E-state index in [1.807, 2.05) is 0 Å². The van der Waals surface area contributed by atoms with Gasteiger partial charge < -0.3 is 15.0 Å². The molecule has 2 aromatic heterocycles. The van der Waals surface area contributed by atoms with Crippen LogP contribution >= 0.6 is 0 Å². The van der Waals surface area contributed by atoms with Gasteiger partial charge >= 0.3 is 0 Å². The van der Waals surface area contributed by atoms with Gasteiger partial charge in [-0.15, -0.1) is 0 Å². The SMILES string of the molecule is COc1ccc(-c2cc(Nc3ccnc(N4CCC(C)C4)n3)n[nH]2)cc1F. The van der Waals surface area contributed by atoms with Crippen LogP contribution in [0, 0.1) is 11.7 Å². The predicted molar refractivity (Wildman–Crippen MR) is 102 cm³/mol. The number of aromatic amines is 1. The Morgan fingerprint density at radius 1 is 1.26 bits per heavy atom. The lowest BCUT2D eigenvalue weighted by atomic mass is 10.1. The van der Waals surface area contributed by atoms with Crippen LogP contribution in [0.15, 0.2) is 36.5 Å². The molecule has 1 fully saturated rings. The maximum Gasteiger partial charge on any atom is 0.227 e. The van der Waals surface area contributed by atoms with Crippen LogP contribution in [0.1, 0.15) is 13.3 Å². The van der Waals surface area contributed by atoms with E-state index >= 15 is 0 Å². The van der Waals surface area contributed by atoms with Crippen LogP contribution in [0.25, 0.3) is 11.3 Å². The quantitative estimate of drug-likeness (QED) is 0.716. The minimum atomic E-state index is -0.417. The molecule has 0 aliphatic carbocycles. The Labute approximate surface area is 156 Å². The zero-order valence-corrected chi connectivity index (χ0v) is 15.2. The van der Waals surface area contributed by atoms with Gasteiger partial charge in [0.15, 0.2) is 17.4 Å². The summed E-state index contributed by atoms with van der Waals surface area (Å²) in [5.41, 5.74) is 1.38. The van der Waals surface area contributed by atoms with E-state index in [1.54, 1.807) is 30.5 Å². The summed E-state index contributed by atoms with van der Waals surface area (Å²) < 4.78 is 18.9. The van der Waals surface area contributed by atoms with Crippen molar-refractivity contribution in [3.63, 3.8) is 0 Å². The number of anilines is 3. The fraction of sp³-hybridized carbons (Fsp3) is 0.316. The molecule has 0 spiro atoms. The van der Waals surface area contributed by atoms with Crippen molar-refractivity contribution >= 4 is 17.6 Å². The highest BCUT2D eigenvalue weighted by Crippen LogP contribution is 2.27. The highest BCUT2D eigenvalue weighted by molar-refractivity contribution is 5.66. The average Bonchev–Trinajstić information content (AvgIpc) is 3.31. The van der Waals surface area contributed by atoms with Crippen molar-refractivity contribution < 1.29 is 9.13 Å². The molecule has 1 saturated heterocycles. The van der Waals surface area contributed by atoms with Crippen molar-refractivity contribution in [3.05, 3.63) is 42.3 Å². The summed E-state index contributed by atoms with van der Waals surface area (Å²) in [6.07, 6.45) is 2.89. The average molecular weight is 368 g/mol. The molecule has 140 valence electrons. The van der Waals surface area contributed by atoms with Crippen molar-refractivity contribution in [2.75, 3.05) is 30.4 Å². The van der Waals surface area contributed by atoms with E-state index in [2.05, 4.69) is 37.3 Å². The molecule has 1 aliphatic rings. The van der Waals surface area contributed by atoms with E-state index in [-0.39, 0.29) is 5.75 Å². The second kappa shape index (κ2) is 7.22. The Hall–Kier alpha value is -3.16.